The summed E-state index contributed by atoms with van der Waals surface area (Å²) in [6.07, 6.45) is 1.14. The second-order valence-electron chi connectivity index (χ2n) is 6.51. The number of carbonyl (C=O) groups is 3. The topological polar surface area (TPSA) is 110 Å². The number of benzene rings is 1. The van der Waals surface area contributed by atoms with Gasteiger partial charge in [-0.2, -0.15) is 8.42 Å². The Bertz CT molecular complexity index is 987. The van der Waals surface area contributed by atoms with Crippen molar-refractivity contribution >= 4 is 28.0 Å². The Morgan fingerprint density at radius 2 is 2.04 bits per heavy atom. The monoisotopic (exact) mass is 392 g/mol. The van der Waals surface area contributed by atoms with Gasteiger partial charge in [0.05, 0.1) is 22.6 Å². The molecule has 142 valence electrons. The van der Waals surface area contributed by atoms with Gasteiger partial charge in [-0.1, -0.05) is 12.7 Å². The molecule has 27 heavy (non-hydrogen) atoms. The van der Waals surface area contributed by atoms with E-state index in [2.05, 4.69) is 6.58 Å². The lowest BCUT2D eigenvalue weighted by Crippen LogP contribution is -2.57. The van der Waals surface area contributed by atoms with Crippen LogP contribution in [0.25, 0.3) is 0 Å². The Balaban J connectivity index is 1.84. The van der Waals surface area contributed by atoms with Crippen molar-refractivity contribution < 1.29 is 31.7 Å². The van der Waals surface area contributed by atoms with Crippen LogP contribution in [0.3, 0.4) is 0 Å². The number of ether oxygens (including phenoxy) is 1. The van der Waals surface area contributed by atoms with Gasteiger partial charge in [-0.15, -0.1) is 0 Å². The number of imide groups is 1. The summed E-state index contributed by atoms with van der Waals surface area (Å²) in [5.41, 5.74) is -1.56. The second kappa shape index (κ2) is 5.89. The summed E-state index contributed by atoms with van der Waals surface area (Å²) >= 11 is 0. The Kier molecular flexibility index (Phi) is 3.86. The van der Waals surface area contributed by atoms with Crippen LogP contribution in [0.1, 0.15) is 33.6 Å². The van der Waals surface area contributed by atoms with Crippen molar-refractivity contribution in [3.05, 3.63) is 42.0 Å². The first-order valence-corrected chi connectivity index (χ1v) is 9.71. The van der Waals surface area contributed by atoms with Gasteiger partial charge in [0.1, 0.15) is 6.61 Å². The smallest absolute Gasteiger partial charge is 0.412 e. The Morgan fingerprint density at radius 3 is 2.78 bits per heavy atom. The predicted molar refractivity (Wildman–Crippen MR) is 90.3 cm³/mol. The van der Waals surface area contributed by atoms with Crippen molar-refractivity contribution in [3.63, 3.8) is 0 Å². The molecule has 1 fully saturated rings. The summed E-state index contributed by atoms with van der Waals surface area (Å²) in [4.78, 5) is 39.6. The maximum absolute atomic E-state index is 12.8. The Hall–Kier alpha value is -2.72. The standard InChI is InChI=1S/C17H16N2O7S/c1-2-8-25-16(22)19-7-3-6-17(19)10-18-14(20)12-5-4-11(27(23,24)26-17)9-13(12)15(18)21/h2,4-5,9H,1,3,6-8,10H2/t17-/m0/s1. The zero-order valence-electron chi connectivity index (χ0n) is 14.2. The van der Waals surface area contributed by atoms with Crippen molar-refractivity contribution in [2.24, 2.45) is 0 Å². The van der Waals surface area contributed by atoms with Crippen LogP contribution in [0.15, 0.2) is 35.7 Å². The van der Waals surface area contributed by atoms with Gasteiger partial charge in [-0.3, -0.25) is 19.4 Å². The number of fused-ring (bicyclic) bond motifs is 2. The fourth-order valence-corrected chi connectivity index (χ4v) is 4.89. The highest BCUT2D eigenvalue weighted by Crippen LogP contribution is 2.39. The van der Waals surface area contributed by atoms with Crippen LogP contribution in [-0.2, 0) is 19.0 Å². The summed E-state index contributed by atoms with van der Waals surface area (Å²) in [5.74, 6) is -1.15. The molecule has 0 N–H and O–H groups in total. The normalized spacial score (nSPS) is 25.5. The minimum Gasteiger partial charge on any atom is -0.445 e. The van der Waals surface area contributed by atoms with Crippen LogP contribution in [0.2, 0.25) is 0 Å². The first-order chi connectivity index (χ1) is 12.8. The van der Waals surface area contributed by atoms with Crippen LogP contribution < -0.4 is 0 Å². The molecule has 3 amide bonds. The first-order valence-electron chi connectivity index (χ1n) is 8.30. The summed E-state index contributed by atoms with van der Waals surface area (Å²) < 4.78 is 36.1. The van der Waals surface area contributed by atoms with E-state index in [1.165, 1.54) is 18.2 Å². The summed E-state index contributed by atoms with van der Waals surface area (Å²) in [7, 11) is -4.28. The van der Waals surface area contributed by atoms with Crippen LogP contribution in [-0.4, -0.2) is 61.5 Å². The van der Waals surface area contributed by atoms with Gasteiger partial charge in [0, 0.05) is 13.0 Å². The van der Waals surface area contributed by atoms with Gasteiger partial charge in [0.15, 0.2) is 5.72 Å². The minimum atomic E-state index is -4.28. The SMILES string of the molecule is C=CCOC(=O)N1CCC[C@]12CN1C(=O)c3ccc(cc3C1=O)S(=O)(=O)O2. The molecular formula is C17H16N2O7S. The molecule has 1 atom stereocenters. The summed E-state index contributed by atoms with van der Waals surface area (Å²) in [5, 5.41) is 0. The Labute approximate surface area is 155 Å². The molecule has 0 unspecified atom stereocenters. The van der Waals surface area contributed by atoms with Crippen LogP contribution in [0, 0.1) is 0 Å². The van der Waals surface area contributed by atoms with E-state index < -0.39 is 40.3 Å². The van der Waals surface area contributed by atoms with Crippen molar-refractivity contribution in [1.82, 2.24) is 9.80 Å². The Morgan fingerprint density at radius 1 is 1.30 bits per heavy atom. The molecule has 9 nitrogen and oxygen atoms in total. The highest BCUT2D eigenvalue weighted by Gasteiger charge is 2.54. The molecule has 3 heterocycles. The predicted octanol–water partition coefficient (Wildman–Crippen LogP) is 1.12. The molecule has 3 bridgehead atoms. The molecule has 0 radical (unpaired) electrons. The van der Waals surface area contributed by atoms with E-state index in [0.29, 0.717) is 6.42 Å². The van der Waals surface area contributed by atoms with Crippen molar-refractivity contribution in [2.45, 2.75) is 23.5 Å². The van der Waals surface area contributed by atoms with E-state index in [4.69, 9.17) is 8.92 Å². The van der Waals surface area contributed by atoms with Crippen molar-refractivity contribution in [3.8, 4) is 0 Å². The molecule has 1 spiro atoms. The van der Waals surface area contributed by atoms with Gasteiger partial charge in [-0.05, 0) is 24.6 Å². The average molecular weight is 392 g/mol. The van der Waals surface area contributed by atoms with Gasteiger partial charge >= 0.3 is 6.09 Å². The molecule has 10 heteroatoms. The van der Waals surface area contributed by atoms with E-state index in [9.17, 15) is 22.8 Å². The third kappa shape index (κ3) is 2.55. The number of carbonyl (C=O) groups excluding carboxylic acids is 3. The number of hydrogen-bond acceptors (Lipinski definition) is 7. The van der Waals surface area contributed by atoms with Crippen LogP contribution in [0.4, 0.5) is 4.79 Å². The van der Waals surface area contributed by atoms with Crippen molar-refractivity contribution in [1.29, 1.82) is 0 Å². The van der Waals surface area contributed by atoms with Crippen LogP contribution >= 0.6 is 0 Å². The second-order valence-corrected chi connectivity index (χ2v) is 8.05. The maximum atomic E-state index is 12.8. The van der Waals surface area contributed by atoms with Gasteiger partial charge < -0.3 is 4.74 Å². The number of hydrogen-bond donors (Lipinski definition) is 0. The lowest BCUT2D eigenvalue weighted by Gasteiger charge is -2.38. The largest absolute Gasteiger partial charge is 0.445 e. The minimum absolute atomic E-state index is 0.0144. The number of likely N-dealkylation sites (tertiary alicyclic amines) is 1. The molecule has 1 aromatic rings. The molecule has 3 aliphatic rings. The molecule has 1 aromatic carbocycles. The fraction of sp³-hybridized carbons (Fsp3) is 0.353. The molecule has 4 rings (SSSR count). The zero-order chi connectivity index (χ0) is 19.4. The summed E-state index contributed by atoms with van der Waals surface area (Å²) in [6, 6.07) is 3.66. The van der Waals surface area contributed by atoms with E-state index in [1.54, 1.807) is 0 Å². The molecule has 0 aromatic heterocycles. The third-order valence-electron chi connectivity index (χ3n) is 4.89. The summed E-state index contributed by atoms with van der Waals surface area (Å²) in [6.45, 7) is 3.17. The quantitative estimate of drug-likeness (QED) is 0.421. The highest BCUT2D eigenvalue weighted by molar-refractivity contribution is 7.86. The molecule has 0 saturated carbocycles. The molecular weight excluding hydrogens is 376 g/mol. The molecule has 0 aliphatic carbocycles. The number of amides is 3. The first kappa shape index (κ1) is 17.7. The van der Waals surface area contributed by atoms with E-state index >= 15 is 0 Å². The lowest BCUT2D eigenvalue weighted by atomic mass is 10.1. The van der Waals surface area contributed by atoms with E-state index in [-0.39, 0.29) is 35.6 Å². The zero-order valence-corrected chi connectivity index (χ0v) is 15.0. The maximum Gasteiger partial charge on any atom is 0.412 e. The van der Waals surface area contributed by atoms with Crippen molar-refractivity contribution in [2.75, 3.05) is 19.7 Å². The lowest BCUT2D eigenvalue weighted by molar-refractivity contribution is -0.0563. The van der Waals surface area contributed by atoms with Gasteiger partial charge in [0.25, 0.3) is 21.9 Å². The fourth-order valence-electron chi connectivity index (χ4n) is 3.66. The molecule has 1 saturated heterocycles. The van der Waals surface area contributed by atoms with E-state index in [0.717, 1.165) is 15.9 Å². The van der Waals surface area contributed by atoms with Gasteiger partial charge in [-0.25, -0.2) is 8.98 Å². The average Bonchev–Trinajstić information content (AvgIpc) is 3.14. The van der Waals surface area contributed by atoms with Gasteiger partial charge in [0.2, 0.25) is 0 Å². The number of nitrogens with zero attached hydrogens (tertiary/aromatic N) is 2. The van der Waals surface area contributed by atoms with E-state index in [1.807, 2.05) is 0 Å². The highest BCUT2D eigenvalue weighted by atomic mass is 32.2. The number of rotatable bonds is 2. The third-order valence-corrected chi connectivity index (χ3v) is 6.25. The molecule has 3 aliphatic heterocycles. The van der Waals surface area contributed by atoms with Crippen LogP contribution in [0.5, 0.6) is 0 Å².